The minimum Gasteiger partial charge on any atom is -0.377 e. The summed E-state index contributed by atoms with van der Waals surface area (Å²) in [7, 11) is 0. The first-order valence-corrected chi connectivity index (χ1v) is 7.39. The van der Waals surface area contributed by atoms with Gasteiger partial charge >= 0.3 is 0 Å². The van der Waals surface area contributed by atoms with Crippen molar-refractivity contribution in [2.75, 3.05) is 5.32 Å². The summed E-state index contributed by atoms with van der Waals surface area (Å²) in [5, 5.41) is 5.73. The van der Waals surface area contributed by atoms with E-state index in [2.05, 4.69) is 70.8 Å². The van der Waals surface area contributed by atoms with Gasteiger partial charge in [0.1, 0.15) is 0 Å². The molecule has 1 nitrogen and oxygen atoms in total. The van der Waals surface area contributed by atoms with Crippen molar-refractivity contribution >= 4 is 33.0 Å². The van der Waals surface area contributed by atoms with Crippen molar-refractivity contribution < 1.29 is 0 Å². The molecule has 1 N–H and O–H groups in total. The number of halogens is 1. The van der Waals surface area contributed by atoms with Crippen LogP contribution < -0.4 is 5.32 Å². The molecular formula is C14H16BrNS. The molecule has 0 bridgehead atoms. The van der Waals surface area contributed by atoms with Crippen LogP contribution in [0.5, 0.6) is 0 Å². The first-order chi connectivity index (χ1) is 8.16. The van der Waals surface area contributed by atoms with Crippen LogP contribution in [0.4, 0.5) is 5.69 Å². The Morgan fingerprint density at radius 1 is 1.18 bits per heavy atom. The van der Waals surface area contributed by atoms with Crippen LogP contribution in [0.25, 0.3) is 0 Å². The van der Waals surface area contributed by atoms with Gasteiger partial charge in [0, 0.05) is 15.0 Å². The lowest BCUT2D eigenvalue weighted by molar-refractivity contribution is 0.554. The van der Waals surface area contributed by atoms with E-state index in [4.69, 9.17) is 0 Å². The number of thiophene rings is 1. The van der Waals surface area contributed by atoms with Crippen molar-refractivity contribution in [1.82, 2.24) is 0 Å². The van der Waals surface area contributed by atoms with Gasteiger partial charge in [0.15, 0.2) is 0 Å². The molecule has 0 saturated heterocycles. The lowest BCUT2D eigenvalue weighted by Crippen LogP contribution is -2.15. The molecule has 0 aliphatic rings. The molecule has 0 spiro atoms. The van der Waals surface area contributed by atoms with Gasteiger partial charge in [0.05, 0.1) is 6.04 Å². The maximum absolute atomic E-state index is 3.60. The van der Waals surface area contributed by atoms with Crippen LogP contribution in [0.2, 0.25) is 0 Å². The summed E-state index contributed by atoms with van der Waals surface area (Å²) in [5.41, 5.74) is 1.16. The third kappa shape index (κ3) is 3.33. The fourth-order valence-corrected chi connectivity index (χ4v) is 3.14. The van der Waals surface area contributed by atoms with Gasteiger partial charge in [0.25, 0.3) is 0 Å². The van der Waals surface area contributed by atoms with Gasteiger partial charge < -0.3 is 5.32 Å². The molecule has 1 aromatic carbocycles. The molecule has 90 valence electrons. The van der Waals surface area contributed by atoms with E-state index < -0.39 is 0 Å². The lowest BCUT2D eigenvalue weighted by atomic mass is 10.0. The summed E-state index contributed by atoms with van der Waals surface area (Å²) in [6.07, 6.45) is 0. The zero-order valence-electron chi connectivity index (χ0n) is 9.98. The molecule has 1 atom stereocenters. The molecule has 1 unspecified atom stereocenters. The monoisotopic (exact) mass is 309 g/mol. The SMILES string of the molecule is CC(C)C(Nc1cccc(Br)c1)c1cccs1. The highest BCUT2D eigenvalue weighted by molar-refractivity contribution is 9.10. The molecule has 0 aliphatic carbocycles. The highest BCUT2D eigenvalue weighted by Crippen LogP contribution is 2.30. The van der Waals surface area contributed by atoms with Crippen LogP contribution in [0.15, 0.2) is 46.3 Å². The van der Waals surface area contributed by atoms with Crippen molar-refractivity contribution in [3.8, 4) is 0 Å². The highest BCUT2D eigenvalue weighted by Gasteiger charge is 2.16. The first-order valence-electron chi connectivity index (χ1n) is 5.72. The smallest absolute Gasteiger partial charge is 0.0629 e. The number of nitrogens with one attached hydrogen (secondary N) is 1. The number of hydrogen-bond donors (Lipinski definition) is 1. The normalized spacial score (nSPS) is 12.7. The molecule has 1 heterocycles. The predicted molar refractivity (Wildman–Crippen MR) is 79.7 cm³/mol. The van der Waals surface area contributed by atoms with Crippen LogP contribution in [-0.4, -0.2) is 0 Å². The minimum atomic E-state index is 0.379. The fourth-order valence-electron chi connectivity index (χ4n) is 1.79. The van der Waals surface area contributed by atoms with Crippen LogP contribution in [0, 0.1) is 5.92 Å². The molecule has 0 fully saturated rings. The fraction of sp³-hybridized carbons (Fsp3) is 0.286. The Labute approximate surface area is 115 Å². The lowest BCUT2D eigenvalue weighted by Gasteiger charge is -2.22. The topological polar surface area (TPSA) is 12.0 Å². The van der Waals surface area contributed by atoms with Gasteiger partial charge in [-0.2, -0.15) is 0 Å². The average Bonchev–Trinajstić information content (AvgIpc) is 2.78. The van der Waals surface area contributed by atoms with Crippen LogP contribution in [0.3, 0.4) is 0 Å². The standard InChI is InChI=1S/C14H16BrNS/c1-10(2)14(13-7-4-8-17-13)16-12-6-3-5-11(15)9-12/h3-10,14,16H,1-2H3. The Morgan fingerprint density at radius 2 is 2.00 bits per heavy atom. The minimum absolute atomic E-state index is 0.379. The highest BCUT2D eigenvalue weighted by atomic mass is 79.9. The van der Waals surface area contributed by atoms with Gasteiger partial charge in [-0.1, -0.05) is 41.9 Å². The summed E-state index contributed by atoms with van der Waals surface area (Å²) in [4.78, 5) is 1.39. The molecule has 0 aliphatic heterocycles. The van der Waals surface area contributed by atoms with Crippen molar-refractivity contribution in [3.63, 3.8) is 0 Å². The maximum Gasteiger partial charge on any atom is 0.0629 e. The second-order valence-electron chi connectivity index (χ2n) is 4.39. The van der Waals surface area contributed by atoms with Crippen LogP contribution in [-0.2, 0) is 0 Å². The Hall–Kier alpha value is -0.800. The van der Waals surface area contributed by atoms with Gasteiger partial charge in [-0.05, 0) is 35.6 Å². The van der Waals surface area contributed by atoms with E-state index in [0.29, 0.717) is 12.0 Å². The van der Waals surface area contributed by atoms with Gasteiger partial charge in [-0.15, -0.1) is 11.3 Å². The molecule has 0 saturated carbocycles. The van der Waals surface area contributed by atoms with E-state index in [9.17, 15) is 0 Å². The molecule has 1 aromatic heterocycles. The molecule has 3 heteroatoms. The molecular weight excluding hydrogens is 294 g/mol. The molecule has 0 radical (unpaired) electrons. The summed E-state index contributed by atoms with van der Waals surface area (Å²) in [6.45, 7) is 4.49. The predicted octanol–water partition coefficient (Wildman–Crippen LogP) is 5.32. The Balaban J connectivity index is 2.19. The number of benzene rings is 1. The largest absolute Gasteiger partial charge is 0.377 e. The second-order valence-corrected chi connectivity index (χ2v) is 6.29. The van der Waals surface area contributed by atoms with E-state index in [0.717, 1.165) is 10.2 Å². The first kappa shape index (κ1) is 12.7. The van der Waals surface area contributed by atoms with Crippen molar-refractivity contribution in [2.24, 2.45) is 5.92 Å². The Morgan fingerprint density at radius 3 is 2.59 bits per heavy atom. The Kier molecular flexibility index (Phi) is 4.24. The van der Waals surface area contributed by atoms with Crippen molar-refractivity contribution in [3.05, 3.63) is 51.1 Å². The second kappa shape index (κ2) is 5.69. The maximum atomic E-state index is 3.60. The number of rotatable bonds is 4. The van der Waals surface area contributed by atoms with Gasteiger partial charge in [0.2, 0.25) is 0 Å². The number of anilines is 1. The Bertz CT molecular complexity index is 465. The van der Waals surface area contributed by atoms with Gasteiger partial charge in [-0.25, -0.2) is 0 Å². The van der Waals surface area contributed by atoms with Crippen molar-refractivity contribution in [2.45, 2.75) is 19.9 Å². The summed E-state index contributed by atoms with van der Waals surface area (Å²) < 4.78 is 1.11. The molecule has 0 amide bonds. The van der Waals surface area contributed by atoms with Crippen molar-refractivity contribution in [1.29, 1.82) is 0 Å². The number of hydrogen-bond acceptors (Lipinski definition) is 2. The van der Waals surface area contributed by atoms with Gasteiger partial charge in [-0.3, -0.25) is 0 Å². The van der Waals surface area contributed by atoms with E-state index in [1.54, 1.807) is 0 Å². The van der Waals surface area contributed by atoms with Crippen LogP contribution in [0.1, 0.15) is 24.8 Å². The summed E-state index contributed by atoms with van der Waals surface area (Å²) in [5.74, 6) is 0.563. The zero-order chi connectivity index (χ0) is 12.3. The third-order valence-electron chi connectivity index (χ3n) is 2.66. The van der Waals surface area contributed by atoms with E-state index >= 15 is 0 Å². The van der Waals surface area contributed by atoms with Crippen LogP contribution >= 0.6 is 27.3 Å². The molecule has 2 rings (SSSR count). The molecule has 17 heavy (non-hydrogen) atoms. The zero-order valence-corrected chi connectivity index (χ0v) is 12.4. The van der Waals surface area contributed by atoms with E-state index in [1.165, 1.54) is 4.88 Å². The summed E-state index contributed by atoms with van der Waals surface area (Å²) >= 11 is 5.31. The van der Waals surface area contributed by atoms with E-state index in [1.807, 2.05) is 17.4 Å². The summed E-state index contributed by atoms with van der Waals surface area (Å²) in [6, 6.07) is 13.0. The third-order valence-corrected chi connectivity index (χ3v) is 4.11. The molecule has 2 aromatic rings. The van der Waals surface area contributed by atoms with E-state index in [-0.39, 0.29) is 0 Å². The average molecular weight is 310 g/mol. The quantitative estimate of drug-likeness (QED) is 0.806.